The van der Waals surface area contributed by atoms with Crippen molar-refractivity contribution in [3.05, 3.63) is 23.8 Å². The molecule has 100 valence electrons. The Balaban J connectivity index is 3.20. The van der Waals surface area contributed by atoms with Gasteiger partial charge in [0.25, 0.3) is 0 Å². The van der Waals surface area contributed by atoms with Crippen molar-refractivity contribution < 1.29 is 18.0 Å². The fourth-order valence-corrected chi connectivity index (χ4v) is 2.66. The molecule has 0 saturated carbocycles. The Morgan fingerprint density at radius 1 is 1.39 bits per heavy atom. The second kappa shape index (κ2) is 6.21. The minimum absolute atomic E-state index is 0.0319. The normalized spacial score (nSPS) is 13.4. The van der Waals surface area contributed by atoms with Gasteiger partial charge in [0.15, 0.2) is 5.78 Å². The maximum atomic E-state index is 12.4. The molecule has 1 aromatic carbocycles. The van der Waals surface area contributed by atoms with Crippen LogP contribution >= 0.6 is 35.1 Å². The van der Waals surface area contributed by atoms with E-state index >= 15 is 0 Å². The second-order valence-corrected chi connectivity index (χ2v) is 5.85. The van der Waals surface area contributed by atoms with Gasteiger partial charge in [0, 0.05) is 9.79 Å². The first kappa shape index (κ1) is 15.7. The summed E-state index contributed by atoms with van der Waals surface area (Å²) in [5.74, 6) is -0.376. The molecule has 0 aliphatic rings. The van der Waals surface area contributed by atoms with Gasteiger partial charge in [0.2, 0.25) is 0 Å². The van der Waals surface area contributed by atoms with Crippen LogP contribution in [-0.4, -0.2) is 17.5 Å². The van der Waals surface area contributed by atoms with Crippen LogP contribution in [0.4, 0.5) is 13.2 Å². The number of rotatable bonds is 4. The highest BCUT2D eigenvalue weighted by Crippen LogP contribution is 2.42. The fraction of sp³-hybridized carbons (Fsp3) is 0.364. The molecular weight excluding hydrogens is 305 g/mol. The van der Waals surface area contributed by atoms with Crippen LogP contribution in [0.1, 0.15) is 17.9 Å². The Labute approximate surface area is 116 Å². The Morgan fingerprint density at radius 3 is 2.44 bits per heavy atom. The van der Waals surface area contributed by atoms with E-state index in [0.717, 1.165) is 4.90 Å². The van der Waals surface area contributed by atoms with E-state index < -0.39 is 10.9 Å². The van der Waals surface area contributed by atoms with E-state index in [1.54, 1.807) is 12.3 Å². The summed E-state index contributed by atoms with van der Waals surface area (Å²) in [6.45, 7) is 1.26. The minimum atomic E-state index is -4.40. The van der Waals surface area contributed by atoms with Gasteiger partial charge in [-0.15, -0.1) is 23.4 Å². The number of hydrogen-bond donors (Lipinski definition) is 0. The van der Waals surface area contributed by atoms with Crippen LogP contribution in [-0.2, 0) is 4.79 Å². The predicted molar refractivity (Wildman–Crippen MR) is 69.4 cm³/mol. The topological polar surface area (TPSA) is 17.1 Å². The Kier molecular flexibility index (Phi) is 5.43. The molecule has 1 aromatic rings. The van der Waals surface area contributed by atoms with E-state index in [4.69, 9.17) is 11.6 Å². The molecule has 0 bridgehead atoms. The maximum absolute atomic E-state index is 12.4. The number of Topliss-reactive ketones (excluding diaryl/α,β-unsaturated/α-hetero) is 1. The van der Waals surface area contributed by atoms with Gasteiger partial charge in [-0.25, -0.2) is 0 Å². The third kappa shape index (κ3) is 4.40. The molecule has 0 spiro atoms. The summed E-state index contributed by atoms with van der Waals surface area (Å²) in [7, 11) is 0. The van der Waals surface area contributed by atoms with Crippen molar-refractivity contribution in [3.63, 3.8) is 0 Å². The van der Waals surface area contributed by atoms with Crippen molar-refractivity contribution in [1.82, 2.24) is 0 Å². The van der Waals surface area contributed by atoms with Crippen LogP contribution in [0, 0.1) is 0 Å². The molecule has 0 aromatic heterocycles. The number of hydrogen-bond acceptors (Lipinski definition) is 3. The zero-order chi connectivity index (χ0) is 13.9. The first-order valence-electron chi connectivity index (χ1n) is 4.83. The van der Waals surface area contributed by atoms with Gasteiger partial charge >= 0.3 is 5.51 Å². The first-order valence-corrected chi connectivity index (χ1v) is 7.30. The Bertz CT molecular complexity index is 448. The Hall–Kier alpha value is -0.330. The number of carbonyl (C=O) groups is 1. The molecule has 0 fully saturated rings. The van der Waals surface area contributed by atoms with Gasteiger partial charge in [-0.1, -0.05) is 0 Å². The monoisotopic (exact) mass is 314 g/mol. The highest BCUT2D eigenvalue weighted by Gasteiger charge is 2.32. The van der Waals surface area contributed by atoms with Crippen molar-refractivity contribution >= 4 is 40.9 Å². The average Bonchev–Trinajstić information content (AvgIpc) is 2.26. The summed E-state index contributed by atoms with van der Waals surface area (Å²) >= 11 is 6.99. The average molecular weight is 315 g/mol. The van der Waals surface area contributed by atoms with E-state index in [9.17, 15) is 18.0 Å². The summed E-state index contributed by atoms with van der Waals surface area (Å²) in [5, 5.41) is -1.05. The molecular formula is C11H10ClF3OS2. The lowest BCUT2D eigenvalue weighted by atomic mass is 10.1. The quantitative estimate of drug-likeness (QED) is 0.582. The standard InChI is InChI=1S/C11H10ClF3OS2/c1-6(16)10(12)8-5-7(17-2)3-4-9(8)18-11(13,14)15/h3-5,10H,1-2H3. The molecule has 0 aliphatic carbocycles. The van der Waals surface area contributed by atoms with Gasteiger partial charge in [0.05, 0.1) is 0 Å². The predicted octanol–water partition coefficient (Wildman–Crippen LogP) is 4.89. The van der Waals surface area contributed by atoms with Crippen LogP contribution in [0.25, 0.3) is 0 Å². The molecule has 0 N–H and O–H groups in total. The largest absolute Gasteiger partial charge is 0.446 e. The molecule has 1 unspecified atom stereocenters. The lowest BCUT2D eigenvalue weighted by Gasteiger charge is -2.14. The first-order chi connectivity index (χ1) is 8.24. The number of halogens is 4. The van der Waals surface area contributed by atoms with E-state index in [0.29, 0.717) is 0 Å². The van der Waals surface area contributed by atoms with Crippen LogP contribution in [0.2, 0.25) is 0 Å². The highest BCUT2D eigenvalue weighted by atomic mass is 35.5. The van der Waals surface area contributed by atoms with Crippen LogP contribution in [0.15, 0.2) is 28.0 Å². The van der Waals surface area contributed by atoms with Crippen LogP contribution in [0.5, 0.6) is 0 Å². The molecule has 18 heavy (non-hydrogen) atoms. The lowest BCUT2D eigenvalue weighted by Crippen LogP contribution is -2.06. The molecule has 0 amide bonds. The third-order valence-electron chi connectivity index (χ3n) is 2.07. The highest BCUT2D eigenvalue weighted by molar-refractivity contribution is 8.00. The van der Waals surface area contributed by atoms with E-state index in [2.05, 4.69) is 0 Å². The molecule has 0 aliphatic heterocycles. The van der Waals surface area contributed by atoms with Gasteiger partial charge in [-0.3, -0.25) is 4.79 Å². The SMILES string of the molecule is CSc1ccc(SC(F)(F)F)c(C(Cl)C(C)=O)c1. The van der Waals surface area contributed by atoms with Crippen molar-refractivity contribution in [2.45, 2.75) is 27.6 Å². The van der Waals surface area contributed by atoms with Crippen molar-refractivity contribution in [1.29, 1.82) is 0 Å². The van der Waals surface area contributed by atoms with Gasteiger partial charge < -0.3 is 0 Å². The fourth-order valence-electron chi connectivity index (χ4n) is 1.29. The minimum Gasteiger partial charge on any atom is -0.298 e. The van der Waals surface area contributed by atoms with Crippen molar-refractivity contribution in [2.75, 3.05) is 6.26 Å². The van der Waals surface area contributed by atoms with E-state index in [-0.39, 0.29) is 28.0 Å². The summed E-state index contributed by atoms with van der Waals surface area (Å²) in [4.78, 5) is 12.0. The number of alkyl halides is 4. The molecule has 0 radical (unpaired) electrons. The summed E-state index contributed by atoms with van der Waals surface area (Å²) in [5.41, 5.74) is -4.19. The molecule has 0 saturated heterocycles. The van der Waals surface area contributed by atoms with Crippen LogP contribution in [0.3, 0.4) is 0 Å². The van der Waals surface area contributed by atoms with Crippen LogP contribution < -0.4 is 0 Å². The number of thioether (sulfide) groups is 2. The Morgan fingerprint density at radius 2 is 2.00 bits per heavy atom. The van der Waals surface area contributed by atoms with Crippen molar-refractivity contribution in [3.8, 4) is 0 Å². The molecule has 1 rings (SSSR count). The number of carbonyl (C=O) groups excluding carboxylic acids is 1. The number of ketones is 1. The summed E-state index contributed by atoms with van der Waals surface area (Å²) in [6, 6.07) is 4.45. The smallest absolute Gasteiger partial charge is 0.298 e. The number of benzene rings is 1. The lowest BCUT2D eigenvalue weighted by molar-refractivity contribution is -0.116. The van der Waals surface area contributed by atoms with E-state index in [1.807, 2.05) is 0 Å². The summed E-state index contributed by atoms with van der Waals surface area (Å²) < 4.78 is 37.2. The zero-order valence-corrected chi connectivity index (χ0v) is 11.9. The van der Waals surface area contributed by atoms with E-state index in [1.165, 1.54) is 30.8 Å². The molecule has 0 heterocycles. The van der Waals surface area contributed by atoms with Gasteiger partial charge in [-0.05, 0) is 48.7 Å². The maximum Gasteiger partial charge on any atom is 0.446 e. The van der Waals surface area contributed by atoms with Gasteiger partial charge in [-0.2, -0.15) is 13.2 Å². The molecule has 7 heteroatoms. The second-order valence-electron chi connectivity index (χ2n) is 3.42. The van der Waals surface area contributed by atoms with Gasteiger partial charge in [0.1, 0.15) is 5.38 Å². The van der Waals surface area contributed by atoms with Crippen molar-refractivity contribution in [2.24, 2.45) is 0 Å². The molecule has 1 atom stereocenters. The zero-order valence-electron chi connectivity index (χ0n) is 9.55. The third-order valence-corrected chi connectivity index (χ3v) is 4.16. The molecule has 1 nitrogen and oxygen atoms in total. The summed E-state index contributed by atoms with van der Waals surface area (Å²) in [6.07, 6.45) is 1.80.